The van der Waals surface area contributed by atoms with Crippen LogP contribution >= 0.6 is 0 Å². The molecule has 0 aliphatic rings. The van der Waals surface area contributed by atoms with Gasteiger partial charge in [-0.05, 0) is 43.7 Å². The average Bonchev–Trinajstić information content (AvgIpc) is 2.37. The summed E-state index contributed by atoms with van der Waals surface area (Å²) in [4.78, 5) is 9.62. The van der Waals surface area contributed by atoms with Crippen LogP contribution in [-0.2, 0) is 9.53 Å². The van der Waals surface area contributed by atoms with Crippen molar-refractivity contribution in [1.29, 1.82) is 0 Å². The molecule has 0 aliphatic heterocycles. The second-order valence-electron chi connectivity index (χ2n) is 3.73. The van der Waals surface area contributed by atoms with Gasteiger partial charge in [0.05, 0.1) is 0 Å². The summed E-state index contributed by atoms with van der Waals surface area (Å²) in [6, 6.07) is 7.80. The minimum Gasteiger partial charge on any atom is -0.429 e. The molecule has 0 heterocycles. The molecular weight excluding hydrogens is 238 g/mol. The van der Waals surface area contributed by atoms with E-state index in [0.717, 1.165) is 5.69 Å². The maximum absolute atomic E-state index is 9.62. The number of nitrogen functional groups attached to an aromatic ring is 1. The molecular formula is C16H27NO2. The van der Waals surface area contributed by atoms with E-state index in [1.165, 1.54) is 18.1 Å². The first-order valence-electron chi connectivity index (χ1n) is 6.26. The standard InChI is InChI=1S/C7H9N.C6H8O2.C3H8.H2/c1-6-3-2-4-7(8)5-6;1-3-6(4-2)8-5-7;1-3-2;/h2-5H,8H2,1H3;3-5H,1H2,2H3;3H2,1-2H3;1H/b;6-4+;;. The highest BCUT2D eigenvalue weighted by Crippen LogP contribution is 2.03. The number of nitrogens with two attached hydrogens (primary N) is 1. The Hall–Kier alpha value is -2.03. The third kappa shape index (κ3) is 13.9. The summed E-state index contributed by atoms with van der Waals surface area (Å²) >= 11 is 0. The van der Waals surface area contributed by atoms with E-state index < -0.39 is 0 Å². The maximum Gasteiger partial charge on any atom is 0.298 e. The van der Waals surface area contributed by atoms with Crippen molar-refractivity contribution in [3.8, 4) is 0 Å². The van der Waals surface area contributed by atoms with E-state index in [9.17, 15) is 4.79 Å². The number of carbonyl (C=O) groups is 1. The number of anilines is 1. The summed E-state index contributed by atoms with van der Waals surface area (Å²) in [5, 5.41) is 0. The van der Waals surface area contributed by atoms with Gasteiger partial charge in [0.15, 0.2) is 0 Å². The molecule has 0 fully saturated rings. The van der Waals surface area contributed by atoms with E-state index in [1.54, 1.807) is 13.0 Å². The van der Waals surface area contributed by atoms with Crippen LogP contribution in [0, 0.1) is 6.92 Å². The van der Waals surface area contributed by atoms with E-state index in [-0.39, 0.29) is 1.43 Å². The summed E-state index contributed by atoms with van der Waals surface area (Å²) in [7, 11) is 0. The fourth-order valence-electron chi connectivity index (χ4n) is 0.960. The highest BCUT2D eigenvalue weighted by molar-refractivity contribution is 5.41. The zero-order chi connectivity index (χ0) is 15.1. The minimum atomic E-state index is 0. The zero-order valence-electron chi connectivity index (χ0n) is 12.3. The van der Waals surface area contributed by atoms with Gasteiger partial charge in [-0.1, -0.05) is 39.0 Å². The minimum absolute atomic E-state index is 0. The molecule has 0 bridgehead atoms. The van der Waals surface area contributed by atoms with E-state index >= 15 is 0 Å². The van der Waals surface area contributed by atoms with Gasteiger partial charge in [0, 0.05) is 7.11 Å². The van der Waals surface area contributed by atoms with Gasteiger partial charge in [-0.15, -0.1) is 0 Å². The Kier molecular flexibility index (Phi) is 14.3. The van der Waals surface area contributed by atoms with Crippen LogP contribution < -0.4 is 5.73 Å². The van der Waals surface area contributed by atoms with Crippen LogP contribution in [-0.4, -0.2) is 6.47 Å². The van der Waals surface area contributed by atoms with Crippen LogP contribution in [0.2, 0.25) is 0 Å². The first-order chi connectivity index (χ1) is 9.05. The smallest absolute Gasteiger partial charge is 0.298 e. The van der Waals surface area contributed by atoms with Gasteiger partial charge < -0.3 is 10.5 Å². The molecule has 0 atom stereocenters. The molecule has 19 heavy (non-hydrogen) atoms. The quantitative estimate of drug-likeness (QED) is 0.379. The molecule has 0 aromatic heterocycles. The SMILES string of the molecule is C=C/C(=C\C)OC=O.CCC.Cc1cccc(N)c1.[HH]. The first-order valence-corrected chi connectivity index (χ1v) is 6.26. The Bertz CT molecular complexity index is 373. The topological polar surface area (TPSA) is 52.3 Å². The van der Waals surface area contributed by atoms with Crippen molar-refractivity contribution in [2.75, 3.05) is 5.73 Å². The number of rotatable bonds is 3. The second-order valence-corrected chi connectivity index (χ2v) is 3.73. The van der Waals surface area contributed by atoms with Crippen molar-refractivity contribution in [3.63, 3.8) is 0 Å². The van der Waals surface area contributed by atoms with Gasteiger partial charge in [0.1, 0.15) is 5.76 Å². The molecule has 1 rings (SSSR count). The fraction of sp³-hybridized carbons (Fsp3) is 0.312. The van der Waals surface area contributed by atoms with Gasteiger partial charge in [-0.25, -0.2) is 0 Å². The monoisotopic (exact) mass is 265 g/mol. The number of hydrogen-bond acceptors (Lipinski definition) is 3. The maximum atomic E-state index is 9.62. The molecule has 3 nitrogen and oxygen atoms in total. The molecule has 1 aromatic carbocycles. The van der Waals surface area contributed by atoms with Crippen molar-refractivity contribution in [2.45, 2.75) is 34.1 Å². The third-order valence-corrected chi connectivity index (χ3v) is 1.71. The van der Waals surface area contributed by atoms with Crippen LogP contribution in [0.4, 0.5) is 5.69 Å². The lowest BCUT2D eigenvalue weighted by Gasteiger charge is -1.91. The Morgan fingerprint density at radius 1 is 1.47 bits per heavy atom. The molecule has 0 saturated heterocycles. The van der Waals surface area contributed by atoms with Gasteiger partial charge in [0.2, 0.25) is 0 Å². The van der Waals surface area contributed by atoms with Crippen molar-refractivity contribution < 1.29 is 11.0 Å². The zero-order valence-corrected chi connectivity index (χ0v) is 12.3. The first kappa shape index (κ1) is 19.3. The molecule has 0 aliphatic carbocycles. The number of carbonyl (C=O) groups excluding carboxylic acids is 1. The summed E-state index contributed by atoms with van der Waals surface area (Å²) in [6.45, 7) is 11.8. The highest BCUT2D eigenvalue weighted by Gasteiger charge is 1.82. The predicted octanol–water partition coefficient (Wildman–Crippen LogP) is 4.49. The van der Waals surface area contributed by atoms with E-state index in [1.807, 2.05) is 31.2 Å². The Morgan fingerprint density at radius 2 is 2.05 bits per heavy atom. The van der Waals surface area contributed by atoms with E-state index in [2.05, 4.69) is 25.2 Å². The van der Waals surface area contributed by atoms with E-state index in [4.69, 9.17) is 5.73 Å². The fourth-order valence-corrected chi connectivity index (χ4v) is 0.960. The third-order valence-electron chi connectivity index (χ3n) is 1.71. The van der Waals surface area contributed by atoms with Crippen LogP contribution in [0.3, 0.4) is 0 Å². The summed E-state index contributed by atoms with van der Waals surface area (Å²) in [5.74, 6) is 0.486. The number of ether oxygens (including phenoxy) is 1. The predicted molar refractivity (Wildman–Crippen MR) is 84.8 cm³/mol. The van der Waals surface area contributed by atoms with Crippen LogP contribution in [0.15, 0.2) is 48.8 Å². The lowest BCUT2D eigenvalue weighted by molar-refractivity contribution is -0.124. The Labute approximate surface area is 118 Å². The van der Waals surface area contributed by atoms with Gasteiger partial charge >= 0.3 is 0 Å². The number of benzene rings is 1. The molecule has 3 heteroatoms. The Morgan fingerprint density at radius 3 is 2.26 bits per heavy atom. The Balaban J connectivity index is -0.000000232. The van der Waals surface area contributed by atoms with Crippen LogP contribution in [0.5, 0.6) is 0 Å². The highest BCUT2D eigenvalue weighted by atomic mass is 16.5. The van der Waals surface area contributed by atoms with E-state index in [0.29, 0.717) is 12.2 Å². The second kappa shape index (κ2) is 14.0. The van der Waals surface area contributed by atoms with Crippen LogP contribution in [0.25, 0.3) is 0 Å². The normalized spacial score (nSPS) is 9.16. The van der Waals surface area contributed by atoms with Crippen molar-refractivity contribution in [3.05, 3.63) is 54.3 Å². The number of hydrogen-bond donors (Lipinski definition) is 1. The summed E-state index contributed by atoms with van der Waals surface area (Å²) in [6.07, 6.45) is 4.37. The largest absolute Gasteiger partial charge is 0.429 e. The number of aryl methyl sites for hydroxylation is 1. The lowest BCUT2D eigenvalue weighted by Crippen LogP contribution is -1.82. The molecule has 0 unspecified atom stereocenters. The molecule has 108 valence electrons. The van der Waals surface area contributed by atoms with Crippen molar-refractivity contribution in [2.24, 2.45) is 0 Å². The lowest BCUT2D eigenvalue weighted by atomic mass is 10.2. The molecule has 0 amide bonds. The van der Waals surface area contributed by atoms with Crippen molar-refractivity contribution in [1.82, 2.24) is 0 Å². The van der Waals surface area contributed by atoms with Gasteiger partial charge in [-0.3, -0.25) is 4.79 Å². The summed E-state index contributed by atoms with van der Waals surface area (Å²) < 4.78 is 4.40. The van der Waals surface area contributed by atoms with Gasteiger partial charge in [0.25, 0.3) is 6.47 Å². The van der Waals surface area contributed by atoms with Crippen molar-refractivity contribution >= 4 is 12.2 Å². The van der Waals surface area contributed by atoms with Gasteiger partial charge in [-0.2, -0.15) is 0 Å². The number of allylic oxidation sites excluding steroid dienone is 2. The average molecular weight is 265 g/mol. The van der Waals surface area contributed by atoms with Crippen LogP contribution in [0.1, 0.15) is 34.2 Å². The molecule has 0 saturated carbocycles. The summed E-state index contributed by atoms with van der Waals surface area (Å²) in [5.41, 5.74) is 7.51. The molecule has 0 radical (unpaired) electrons. The molecule has 1 aromatic rings. The molecule has 2 N–H and O–H groups in total. The molecule has 0 spiro atoms.